The largest absolute Gasteiger partial charge is 0.495 e. The molecule has 0 radical (unpaired) electrons. The molecule has 0 aliphatic heterocycles. The normalized spacial score (nSPS) is 12.1. The molecule has 1 amide bonds. The molecule has 31 heavy (non-hydrogen) atoms. The summed E-state index contributed by atoms with van der Waals surface area (Å²) >= 11 is 0. The van der Waals surface area contributed by atoms with Crippen molar-refractivity contribution in [2.24, 2.45) is 0 Å². The van der Waals surface area contributed by atoms with Crippen molar-refractivity contribution in [2.45, 2.75) is 33.7 Å². The number of aryl methyl sites for hydroxylation is 1. The van der Waals surface area contributed by atoms with Crippen LogP contribution < -0.4 is 14.4 Å². The molecule has 0 aliphatic carbocycles. The highest BCUT2D eigenvalue weighted by Crippen LogP contribution is 2.33. The smallest absolute Gasteiger partial charge is 0.338 e. The van der Waals surface area contributed by atoms with E-state index in [1.807, 2.05) is 6.92 Å². The van der Waals surface area contributed by atoms with Crippen LogP contribution in [0.15, 0.2) is 36.4 Å². The molecule has 168 valence electrons. The van der Waals surface area contributed by atoms with Gasteiger partial charge in [0, 0.05) is 5.69 Å². The van der Waals surface area contributed by atoms with Gasteiger partial charge in [-0.3, -0.25) is 9.10 Å². The Hall–Kier alpha value is -3.07. The van der Waals surface area contributed by atoms with Crippen LogP contribution >= 0.6 is 0 Å². The van der Waals surface area contributed by atoms with E-state index in [-0.39, 0.29) is 12.3 Å². The van der Waals surface area contributed by atoms with E-state index >= 15 is 0 Å². The molecule has 8 nitrogen and oxygen atoms in total. The molecule has 2 aromatic carbocycles. The second-order valence-corrected chi connectivity index (χ2v) is 8.96. The predicted octanol–water partition coefficient (Wildman–Crippen LogP) is 3.28. The Bertz CT molecular complexity index is 1080. The molecule has 0 saturated heterocycles. The van der Waals surface area contributed by atoms with Crippen molar-refractivity contribution in [3.8, 4) is 5.75 Å². The van der Waals surface area contributed by atoms with Gasteiger partial charge in [0.15, 0.2) is 0 Å². The Labute approximate surface area is 183 Å². The number of nitrogens with one attached hydrogen (secondary N) is 1. The van der Waals surface area contributed by atoms with Crippen molar-refractivity contribution in [1.82, 2.24) is 0 Å². The number of methoxy groups -OCH3 is 1. The quantitative estimate of drug-likeness (QED) is 0.622. The van der Waals surface area contributed by atoms with E-state index in [9.17, 15) is 18.0 Å². The number of hydrogen-bond donors (Lipinski definition) is 1. The fourth-order valence-corrected chi connectivity index (χ4v) is 4.36. The van der Waals surface area contributed by atoms with Gasteiger partial charge in [-0.15, -0.1) is 0 Å². The first-order chi connectivity index (χ1) is 14.5. The van der Waals surface area contributed by atoms with E-state index in [4.69, 9.17) is 9.47 Å². The lowest BCUT2D eigenvalue weighted by Crippen LogP contribution is -2.45. The third-order valence-electron chi connectivity index (χ3n) is 4.75. The van der Waals surface area contributed by atoms with Gasteiger partial charge in [-0.05, 0) is 63.1 Å². The molecule has 0 bridgehead atoms. The summed E-state index contributed by atoms with van der Waals surface area (Å²) in [6.45, 7) is 6.93. The zero-order valence-corrected chi connectivity index (χ0v) is 19.4. The third kappa shape index (κ3) is 5.55. The number of anilines is 2. The van der Waals surface area contributed by atoms with Crippen molar-refractivity contribution < 1.29 is 27.5 Å². The standard InChI is InChI=1S/C22H28N2O6S/c1-7-30-22(26)17-9-8-10-18(15(17)3)23-21(25)16(4)24(31(6,27)28)19-13-14(2)11-12-20(19)29-5/h8-13,16H,7H2,1-6H3,(H,23,25)/t16-/m0/s1. The highest BCUT2D eigenvalue weighted by atomic mass is 32.2. The average molecular weight is 449 g/mol. The Morgan fingerprint density at radius 2 is 1.84 bits per heavy atom. The molecule has 2 aromatic rings. The average Bonchev–Trinajstić information content (AvgIpc) is 2.68. The van der Waals surface area contributed by atoms with E-state index < -0.39 is 27.9 Å². The van der Waals surface area contributed by atoms with Crippen LogP contribution in [-0.2, 0) is 19.6 Å². The number of ether oxygens (including phenoxy) is 2. The Morgan fingerprint density at radius 1 is 1.16 bits per heavy atom. The first-order valence-electron chi connectivity index (χ1n) is 9.72. The molecule has 2 rings (SSSR count). The fourth-order valence-electron chi connectivity index (χ4n) is 3.19. The number of nitrogens with zero attached hydrogens (tertiary/aromatic N) is 1. The van der Waals surface area contributed by atoms with Crippen LogP contribution in [0.5, 0.6) is 5.75 Å². The third-order valence-corrected chi connectivity index (χ3v) is 5.97. The van der Waals surface area contributed by atoms with Gasteiger partial charge in [0.2, 0.25) is 15.9 Å². The molecule has 0 aliphatic rings. The maximum Gasteiger partial charge on any atom is 0.338 e. The summed E-state index contributed by atoms with van der Waals surface area (Å²) in [5, 5.41) is 2.73. The number of esters is 1. The van der Waals surface area contributed by atoms with E-state index in [0.717, 1.165) is 16.1 Å². The van der Waals surface area contributed by atoms with E-state index in [1.165, 1.54) is 14.0 Å². The topological polar surface area (TPSA) is 102 Å². The van der Waals surface area contributed by atoms with Crippen LogP contribution in [0.4, 0.5) is 11.4 Å². The highest BCUT2D eigenvalue weighted by Gasteiger charge is 2.31. The maximum absolute atomic E-state index is 13.0. The zero-order chi connectivity index (χ0) is 23.3. The molecule has 0 fully saturated rings. The molecule has 9 heteroatoms. The minimum atomic E-state index is -3.82. The van der Waals surface area contributed by atoms with Crippen LogP contribution in [-0.4, -0.2) is 46.3 Å². The Balaban J connectivity index is 2.42. The summed E-state index contributed by atoms with van der Waals surface area (Å²) in [6, 6.07) is 8.87. The zero-order valence-electron chi connectivity index (χ0n) is 18.6. The van der Waals surface area contributed by atoms with Gasteiger partial charge in [-0.25, -0.2) is 13.2 Å². The number of carbonyl (C=O) groups excluding carboxylic acids is 2. The van der Waals surface area contributed by atoms with Crippen LogP contribution in [0.1, 0.15) is 35.3 Å². The second-order valence-electron chi connectivity index (χ2n) is 7.10. The first-order valence-corrected chi connectivity index (χ1v) is 11.6. The number of carbonyl (C=O) groups is 2. The SMILES string of the molecule is CCOC(=O)c1cccc(NC(=O)[C@H](C)N(c2cc(C)ccc2OC)S(C)(=O)=O)c1C. The molecular formula is C22H28N2O6S. The number of benzene rings is 2. The van der Waals surface area contributed by atoms with Crippen molar-refractivity contribution in [1.29, 1.82) is 0 Å². The van der Waals surface area contributed by atoms with Gasteiger partial charge in [0.05, 0.1) is 31.2 Å². The molecule has 1 N–H and O–H groups in total. The molecule has 1 atom stereocenters. The number of sulfonamides is 1. The van der Waals surface area contributed by atoms with Gasteiger partial charge in [0.25, 0.3) is 0 Å². The fraction of sp³-hybridized carbons (Fsp3) is 0.364. The minimum absolute atomic E-state index is 0.230. The molecule has 0 aromatic heterocycles. The lowest BCUT2D eigenvalue weighted by atomic mass is 10.1. The molecule has 0 unspecified atom stereocenters. The Kier molecular flexibility index (Phi) is 7.67. The van der Waals surface area contributed by atoms with Crippen molar-refractivity contribution in [3.05, 3.63) is 53.1 Å². The monoisotopic (exact) mass is 448 g/mol. The summed E-state index contributed by atoms with van der Waals surface area (Å²) in [4.78, 5) is 25.2. The second kappa shape index (κ2) is 9.82. The van der Waals surface area contributed by atoms with Crippen molar-refractivity contribution >= 4 is 33.3 Å². The molecule has 0 heterocycles. The van der Waals surface area contributed by atoms with Crippen LogP contribution in [0, 0.1) is 13.8 Å². The van der Waals surface area contributed by atoms with E-state index in [0.29, 0.717) is 22.6 Å². The van der Waals surface area contributed by atoms with Gasteiger partial charge < -0.3 is 14.8 Å². The van der Waals surface area contributed by atoms with Gasteiger partial charge >= 0.3 is 5.97 Å². The van der Waals surface area contributed by atoms with E-state index in [1.54, 1.807) is 50.2 Å². The minimum Gasteiger partial charge on any atom is -0.495 e. The summed E-state index contributed by atoms with van der Waals surface area (Å²) < 4.78 is 36.6. The molecule has 0 saturated carbocycles. The first kappa shape index (κ1) is 24.2. The maximum atomic E-state index is 13.0. The van der Waals surface area contributed by atoms with E-state index in [2.05, 4.69) is 5.32 Å². The van der Waals surface area contributed by atoms with Crippen molar-refractivity contribution in [2.75, 3.05) is 29.6 Å². The summed E-state index contributed by atoms with van der Waals surface area (Å²) in [5.74, 6) is -0.722. The predicted molar refractivity (Wildman–Crippen MR) is 120 cm³/mol. The number of rotatable bonds is 8. The van der Waals surface area contributed by atoms with Crippen LogP contribution in [0.25, 0.3) is 0 Å². The lowest BCUT2D eigenvalue weighted by Gasteiger charge is -2.29. The molecular weight excluding hydrogens is 420 g/mol. The van der Waals surface area contributed by atoms with Crippen molar-refractivity contribution in [3.63, 3.8) is 0 Å². The van der Waals surface area contributed by atoms with Crippen LogP contribution in [0.3, 0.4) is 0 Å². The van der Waals surface area contributed by atoms with Gasteiger partial charge in [0.1, 0.15) is 11.8 Å². The molecule has 0 spiro atoms. The van der Waals surface area contributed by atoms with Gasteiger partial charge in [-0.1, -0.05) is 12.1 Å². The Morgan fingerprint density at radius 3 is 2.42 bits per heavy atom. The number of amides is 1. The lowest BCUT2D eigenvalue weighted by molar-refractivity contribution is -0.116. The summed E-state index contributed by atoms with van der Waals surface area (Å²) in [5.41, 5.74) is 2.33. The van der Waals surface area contributed by atoms with Crippen LogP contribution in [0.2, 0.25) is 0 Å². The number of hydrogen-bond acceptors (Lipinski definition) is 6. The highest BCUT2D eigenvalue weighted by molar-refractivity contribution is 7.92. The summed E-state index contributed by atoms with van der Waals surface area (Å²) in [6.07, 6.45) is 1.03. The summed E-state index contributed by atoms with van der Waals surface area (Å²) in [7, 11) is -2.39. The van der Waals surface area contributed by atoms with Gasteiger partial charge in [-0.2, -0.15) is 0 Å².